The molecule has 4 rings (SSSR count). The van der Waals surface area contributed by atoms with Crippen LogP contribution >= 0.6 is 23.1 Å². The predicted molar refractivity (Wildman–Crippen MR) is 134 cm³/mol. The molecule has 0 fully saturated rings. The fourth-order valence-corrected chi connectivity index (χ4v) is 5.71. The van der Waals surface area contributed by atoms with E-state index in [0.29, 0.717) is 32.2 Å². The van der Waals surface area contributed by atoms with Gasteiger partial charge in [-0.1, -0.05) is 35.4 Å². The summed E-state index contributed by atoms with van der Waals surface area (Å²) in [6, 6.07) is 12.2. The quantitative estimate of drug-likeness (QED) is 0.352. The van der Waals surface area contributed by atoms with E-state index in [4.69, 9.17) is 0 Å². The number of hydrogen-bond donors (Lipinski definition) is 2. The summed E-state index contributed by atoms with van der Waals surface area (Å²) in [7, 11) is 0. The smallest absolute Gasteiger partial charge is 0.266 e. The van der Waals surface area contributed by atoms with Gasteiger partial charge in [0.1, 0.15) is 10.7 Å². The van der Waals surface area contributed by atoms with Crippen LogP contribution < -0.4 is 10.9 Å². The number of hydrogen-bond acceptors (Lipinski definition) is 5. The predicted octanol–water partition coefficient (Wildman–Crippen LogP) is 6.07. The average Bonchev–Trinajstić information content (AvgIpc) is 3.07. The van der Waals surface area contributed by atoms with Crippen LogP contribution in [-0.2, 0) is 5.75 Å². The molecular formula is C25H25N3O2S2. The molecule has 1 amide bonds. The Morgan fingerprint density at radius 1 is 1.03 bits per heavy atom. The number of amides is 1. The fraction of sp³-hybridized carbons (Fsp3) is 0.240. The van der Waals surface area contributed by atoms with Crippen LogP contribution in [0.4, 0.5) is 5.69 Å². The molecule has 0 radical (unpaired) electrons. The number of nitrogens with zero attached hydrogens (tertiary/aromatic N) is 1. The maximum Gasteiger partial charge on any atom is 0.266 e. The van der Waals surface area contributed by atoms with Crippen LogP contribution in [0.25, 0.3) is 10.2 Å². The molecule has 5 nitrogen and oxygen atoms in total. The van der Waals surface area contributed by atoms with Gasteiger partial charge in [-0.3, -0.25) is 9.59 Å². The van der Waals surface area contributed by atoms with Gasteiger partial charge in [-0.05, 0) is 63.4 Å². The van der Waals surface area contributed by atoms with E-state index in [0.717, 1.165) is 16.8 Å². The van der Waals surface area contributed by atoms with Crippen molar-refractivity contribution in [3.05, 3.63) is 85.3 Å². The van der Waals surface area contributed by atoms with E-state index in [1.165, 1.54) is 27.4 Å². The fourth-order valence-electron chi connectivity index (χ4n) is 3.62. The number of nitrogens with one attached hydrogen (secondary N) is 2. The molecule has 2 aromatic heterocycles. The summed E-state index contributed by atoms with van der Waals surface area (Å²) in [6.45, 7) is 9.92. The van der Waals surface area contributed by atoms with E-state index in [1.807, 2.05) is 32.0 Å². The van der Waals surface area contributed by atoms with E-state index in [2.05, 4.69) is 47.3 Å². The zero-order valence-electron chi connectivity index (χ0n) is 18.8. The Hall–Kier alpha value is -2.90. The number of carbonyl (C=O) groups excluding carboxylic acids is 1. The molecule has 0 saturated carbocycles. The van der Waals surface area contributed by atoms with Crippen LogP contribution in [0.2, 0.25) is 0 Å². The SMILES string of the molecule is Cc1ccc(NC(=O)c2sc3nc(CSc4cc(C)ccc4C)[nH]c(=O)c3c2C)c(C)c1. The van der Waals surface area contributed by atoms with Gasteiger partial charge >= 0.3 is 0 Å². The van der Waals surface area contributed by atoms with Crippen molar-refractivity contribution < 1.29 is 4.79 Å². The lowest BCUT2D eigenvalue weighted by atomic mass is 10.1. The minimum Gasteiger partial charge on any atom is -0.321 e. The zero-order valence-corrected chi connectivity index (χ0v) is 20.4. The molecule has 2 heterocycles. The molecular weight excluding hydrogens is 438 g/mol. The monoisotopic (exact) mass is 463 g/mol. The minimum atomic E-state index is -0.219. The number of benzene rings is 2. The average molecular weight is 464 g/mol. The first kappa shape index (κ1) is 22.3. The van der Waals surface area contributed by atoms with E-state index in [-0.39, 0.29) is 11.5 Å². The van der Waals surface area contributed by atoms with Crippen LogP contribution in [0.15, 0.2) is 46.1 Å². The maximum absolute atomic E-state index is 13.0. The molecule has 0 aliphatic heterocycles. The second kappa shape index (κ2) is 8.92. The number of thiophene rings is 1. The van der Waals surface area contributed by atoms with Gasteiger partial charge in [0.15, 0.2) is 0 Å². The van der Waals surface area contributed by atoms with Gasteiger partial charge in [0.2, 0.25) is 0 Å². The van der Waals surface area contributed by atoms with Crippen LogP contribution in [0.3, 0.4) is 0 Å². The Labute approximate surface area is 195 Å². The van der Waals surface area contributed by atoms with Gasteiger partial charge in [0, 0.05) is 10.6 Å². The molecule has 0 atom stereocenters. The number of aryl methyl sites for hydroxylation is 5. The molecule has 0 spiro atoms. The summed E-state index contributed by atoms with van der Waals surface area (Å²) in [5.74, 6) is 0.940. The molecule has 0 aliphatic carbocycles. The third kappa shape index (κ3) is 4.49. The summed E-state index contributed by atoms with van der Waals surface area (Å²) in [4.78, 5) is 35.6. The second-order valence-electron chi connectivity index (χ2n) is 8.08. The van der Waals surface area contributed by atoms with Crippen molar-refractivity contribution in [2.24, 2.45) is 0 Å². The number of rotatable bonds is 5. The van der Waals surface area contributed by atoms with E-state index < -0.39 is 0 Å². The Bertz CT molecular complexity index is 1400. The highest BCUT2D eigenvalue weighted by atomic mass is 32.2. The molecule has 0 bridgehead atoms. The van der Waals surface area contributed by atoms with E-state index in [1.54, 1.807) is 18.7 Å². The number of fused-ring (bicyclic) bond motifs is 1. The molecule has 164 valence electrons. The van der Waals surface area contributed by atoms with Gasteiger partial charge in [0.05, 0.1) is 16.0 Å². The van der Waals surface area contributed by atoms with Gasteiger partial charge in [-0.2, -0.15) is 0 Å². The minimum absolute atomic E-state index is 0.203. The van der Waals surface area contributed by atoms with Crippen molar-refractivity contribution >= 4 is 44.9 Å². The second-order valence-corrected chi connectivity index (χ2v) is 10.1. The molecule has 2 aromatic carbocycles. The number of carbonyl (C=O) groups is 1. The van der Waals surface area contributed by atoms with Crippen molar-refractivity contribution in [3.8, 4) is 0 Å². The summed E-state index contributed by atoms with van der Waals surface area (Å²) < 4.78 is 0. The first-order valence-electron chi connectivity index (χ1n) is 10.3. The molecule has 0 unspecified atom stereocenters. The Kier molecular flexibility index (Phi) is 6.22. The van der Waals surface area contributed by atoms with E-state index >= 15 is 0 Å². The van der Waals surface area contributed by atoms with Crippen LogP contribution in [0.1, 0.15) is 43.3 Å². The molecule has 7 heteroatoms. The summed E-state index contributed by atoms with van der Waals surface area (Å²) in [5, 5.41) is 3.46. The van der Waals surface area contributed by atoms with Crippen molar-refractivity contribution in [2.75, 3.05) is 5.32 Å². The third-order valence-electron chi connectivity index (χ3n) is 5.39. The summed E-state index contributed by atoms with van der Waals surface area (Å²) in [6.07, 6.45) is 0. The summed E-state index contributed by atoms with van der Waals surface area (Å²) >= 11 is 2.91. The first-order valence-corrected chi connectivity index (χ1v) is 12.1. The van der Waals surface area contributed by atoms with Gasteiger partial charge < -0.3 is 10.3 Å². The lowest BCUT2D eigenvalue weighted by molar-refractivity contribution is 0.103. The Morgan fingerprint density at radius 3 is 2.50 bits per heavy atom. The van der Waals surface area contributed by atoms with Crippen LogP contribution in [-0.4, -0.2) is 15.9 Å². The normalized spacial score (nSPS) is 11.2. The number of aromatic amines is 1. The van der Waals surface area contributed by atoms with Gasteiger partial charge in [-0.15, -0.1) is 23.1 Å². The van der Waals surface area contributed by atoms with Crippen molar-refractivity contribution in [2.45, 2.75) is 45.3 Å². The van der Waals surface area contributed by atoms with Crippen molar-refractivity contribution in [1.29, 1.82) is 0 Å². The number of anilines is 1. The van der Waals surface area contributed by atoms with Gasteiger partial charge in [0.25, 0.3) is 11.5 Å². The zero-order chi connectivity index (χ0) is 23.0. The topological polar surface area (TPSA) is 74.8 Å². The lowest BCUT2D eigenvalue weighted by Gasteiger charge is -2.08. The molecule has 4 aromatic rings. The highest BCUT2D eigenvalue weighted by molar-refractivity contribution is 7.98. The van der Waals surface area contributed by atoms with Gasteiger partial charge in [-0.25, -0.2) is 4.98 Å². The van der Waals surface area contributed by atoms with Crippen molar-refractivity contribution in [1.82, 2.24) is 9.97 Å². The first-order chi connectivity index (χ1) is 15.2. The highest BCUT2D eigenvalue weighted by Gasteiger charge is 2.20. The van der Waals surface area contributed by atoms with Crippen LogP contribution in [0, 0.1) is 34.6 Å². The highest BCUT2D eigenvalue weighted by Crippen LogP contribution is 2.30. The largest absolute Gasteiger partial charge is 0.321 e. The Balaban J connectivity index is 1.61. The number of H-pyrrole nitrogens is 1. The Morgan fingerprint density at radius 2 is 1.75 bits per heavy atom. The molecule has 2 N–H and O–H groups in total. The standard InChI is InChI=1S/C25H25N3O2S2/c1-13-7-9-18(16(4)10-13)26-24(30)22-17(5)21-23(29)27-20(28-25(21)32-22)12-31-19-11-14(2)6-8-15(19)3/h6-11H,12H2,1-5H3,(H,26,30)(H,27,28,29). The van der Waals surface area contributed by atoms with Crippen molar-refractivity contribution in [3.63, 3.8) is 0 Å². The number of thioether (sulfide) groups is 1. The summed E-state index contributed by atoms with van der Waals surface area (Å²) in [5.41, 5.74) is 5.76. The molecule has 0 aliphatic rings. The maximum atomic E-state index is 13.0. The van der Waals surface area contributed by atoms with E-state index in [9.17, 15) is 9.59 Å². The third-order valence-corrected chi connectivity index (χ3v) is 7.75. The number of aromatic nitrogens is 2. The van der Waals surface area contributed by atoms with Crippen LogP contribution in [0.5, 0.6) is 0 Å². The molecule has 0 saturated heterocycles. The lowest BCUT2D eigenvalue weighted by Crippen LogP contribution is -2.13. The molecule has 32 heavy (non-hydrogen) atoms.